The summed E-state index contributed by atoms with van der Waals surface area (Å²) in [7, 11) is 0. The molecular formula is C35H53NO10. The number of unbranched alkanes of at least 4 members (excludes halogenated alkanes) is 9. The van der Waals surface area contributed by atoms with Crippen molar-refractivity contribution in [2.24, 2.45) is 5.92 Å². The van der Waals surface area contributed by atoms with Gasteiger partial charge < -0.3 is 30.5 Å². The van der Waals surface area contributed by atoms with Gasteiger partial charge in [-0.05, 0) is 49.8 Å². The molecule has 0 aliphatic rings. The number of amides is 1. The monoisotopic (exact) mass is 647 g/mol. The lowest BCUT2D eigenvalue weighted by Gasteiger charge is -2.29. The van der Waals surface area contributed by atoms with Crippen LogP contribution in [0.1, 0.15) is 116 Å². The van der Waals surface area contributed by atoms with E-state index in [0.717, 1.165) is 63.9 Å². The molecule has 0 bridgehead atoms. The van der Waals surface area contributed by atoms with Crippen LogP contribution in [0.2, 0.25) is 0 Å². The molecule has 3 atom stereocenters. The molecule has 0 saturated heterocycles. The summed E-state index contributed by atoms with van der Waals surface area (Å²) in [6.45, 7) is 4.73. The van der Waals surface area contributed by atoms with Gasteiger partial charge in [0.15, 0.2) is 5.60 Å². The lowest BCUT2D eigenvalue weighted by molar-refractivity contribution is -0.172. The van der Waals surface area contributed by atoms with Crippen LogP contribution in [0.3, 0.4) is 0 Å². The number of nitrogens with one attached hydrogen (secondary N) is 1. The van der Waals surface area contributed by atoms with Crippen molar-refractivity contribution in [3.05, 3.63) is 42.0 Å². The summed E-state index contributed by atoms with van der Waals surface area (Å²) in [4.78, 5) is 60.8. The number of carboxylic acids is 3. The third-order valence-corrected chi connectivity index (χ3v) is 7.80. The van der Waals surface area contributed by atoms with E-state index in [0.29, 0.717) is 43.6 Å². The minimum atomic E-state index is -3.01. The summed E-state index contributed by atoms with van der Waals surface area (Å²) >= 11 is 0. The van der Waals surface area contributed by atoms with Crippen LogP contribution in [0.5, 0.6) is 5.75 Å². The van der Waals surface area contributed by atoms with E-state index in [1.807, 2.05) is 6.92 Å². The highest BCUT2D eigenvalue weighted by Crippen LogP contribution is 2.26. The topological polar surface area (TPSA) is 188 Å². The maximum atomic E-state index is 13.3. The van der Waals surface area contributed by atoms with Gasteiger partial charge in [0.2, 0.25) is 5.91 Å². The maximum absolute atomic E-state index is 13.3. The molecule has 0 aliphatic heterocycles. The van der Waals surface area contributed by atoms with Crippen molar-refractivity contribution in [2.75, 3.05) is 6.61 Å². The molecule has 11 nitrogen and oxygen atoms in total. The molecule has 0 aromatic heterocycles. The predicted octanol–water partition coefficient (Wildman–Crippen LogP) is 5.71. The highest BCUT2D eigenvalue weighted by Gasteiger charge is 2.49. The van der Waals surface area contributed by atoms with Crippen LogP contribution in [0.25, 0.3) is 0 Å². The molecule has 0 radical (unpaired) electrons. The zero-order valence-electron chi connectivity index (χ0n) is 27.4. The third-order valence-electron chi connectivity index (χ3n) is 7.80. The largest absolute Gasteiger partial charge is 0.494 e. The average molecular weight is 648 g/mol. The Morgan fingerprint density at radius 3 is 1.96 bits per heavy atom. The van der Waals surface area contributed by atoms with Crippen molar-refractivity contribution >= 4 is 29.6 Å². The van der Waals surface area contributed by atoms with Gasteiger partial charge in [-0.15, -0.1) is 0 Å². The van der Waals surface area contributed by atoms with Crippen LogP contribution in [0, 0.1) is 5.92 Å². The van der Waals surface area contributed by atoms with Gasteiger partial charge in [0, 0.05) is 19.3 Å². The number of benzene rings is 1. The van der Waals surface area contributed by atoms with Gasteiger partial charge in [-0.25, -0.2) is 9.59 Å². The minimum absolute atomic E-state index is 0.140. The normalized spacial score (nSPS) is 13.9. The number of Topliss-reactive ketones (excluding diaryl/α,β-unsaturated/α-hetero) is 1. The number of ether oxygens (including phenoxy) is 1. The van der Waals surface area contributed by atoms with E-state index in [1.54, 1.807) is 24.3 Å². The lowest BCUT2D eigenvalue weighted by Crippen LogP contribution is -2.55. The van der Waals surface area contributed by atoms with Crippen molar-refractivity contribution in [1.82, 2.24) is 5.32 Å². The zero-order chi connectivity index (χ0) is 34.4. The second-order valence-electron chi connectivity index (χ2n) is 11.8. The third kappa shape index (κ3) is 16.0. The van der Waals surface area contributed by atoms with E-state index < -0.39 is 47.8 Å². The molecule has 1 rings (SSSR count). The Morgan fingerprint density at radius 1 is 0.826 bits per heavy atom. The van der Waals surface area contributed by atoms with Gasteiger partial charge in [-0.1, -0.05) is 83.1 Å². The molecule has 46 heavy (non-hydrogen) atoms. The molecule has 0 heterocycles. The fourth-order valence-electron chi connectivity index (χ4n) is 4.99. The predicted molar refractivity (Wildman–Crippen MR) is 174 cm³/mol. The quantitative estimate of drug-likeness (QED) is 0.0584. The Balaban J connectivity index is 2.81. The lowest BCUT2D eigenvalue weighted by atomic mass is 9.82. The molecule has 5 N–H and O–H groups in total. The number of hydrogen-bond acceptors (Lipinski definition) is 7. The number of allylic oxidation sites excluding steroid dienone is 1. The van der Waals surface area contributed by atoms with Crippen molar-refractivity contribution in [3.63, 3.8) is 0 Å². The van der Waals surface area contributed by atoms with Crippen molar-refractivity contribution < 1.29 is 49.1 Å². The number of hydrogen-bond donors (Lipinski definition) is 5. The Morgan fingerprint density at radius 2 is 1.41 bits per heavy atom. The summed E-state index contributed by atoms with van der Waals surface area (Å²) in [5.41, 5.74) is -2.44. The van der Waals surface area contributed by atoms with Crippen LogP contribution in [-0.2, 0) is 30.4 Å². The Labute approximate surface area is 272 Å². The second kappa shape index (κ2) is 22.7. The smallest absolute Gasteiger partial charge is 0.337 e. The summed E-state index contributed by atoms with van der Waals surface area (Å²) in [5.74, 6) is -7.05. The Kier molecular flexibility index (Phi) is 19.9. The molecule has 1 aromatic rings. The van der Waals surface area contributed by atoms with Crippen LogP contribution < -0.4 is 10.1 Å². The first-order valence-electron chi connectivity index (χ1n) is 16.5. The molecule has 258 valence electrons. The SMILES string of the molecule is CCCCCCCC(=O)CCCCCCC=C[C@H](C(=O)NC(Cc1ccc(OCCCC)cc1)C(=O)O)[C@@](O)(CC(=O)O)C(=O)O. The van der Waals surface area contributed by atoms with E-state index in [9.17, 15) is 44.4 Å². The van der Waals surface area contributed by atoms with Crippen molar-refractivity contribution in [1.29, 1.82) is 0 Å². The number of ketones is 1. The summed E-state index contributed by atoms with van der Waals surface area (Å²) < 4.78 is 5.61. The van der Waals surface area contributed by atoms with Gasteiger partial charge >= 0.3 is 17.9 Å². The zero-order valence-corrected chi connectivity index (χ0v) is 27.4. The minimum Gasteiger partial charge on any atom is -0.494 e. The first-order chi connectivity index (χ1) is 21.9. The van der Waals surface area contributed by atoms with Crippen LogP contribution in [-0.4, -0.2) is 68.3 Å². The molecule has 0 spiro atoms. The molecule has 0 saturated carbocycles. The van der Waals surface area contributed by atoms with Crippen LogP contribution in [0.4, 0.5) is 0 Å². The maximum Gasteiger partial charge on any atom is 0.337 e. The van der Waals surface area contributed by atoms with Gasteiger partial charge in [-0.3, -0.25) is 14.4 Å². The average Bonchev–Trinajstić information content (AvgIpc) is 3.00. The van der Waals surface area contributed by atoms with E-state index in [1.165, 1.54) is 12.5 Å². The number of rotatable bonds is 27. The van der Waals surface area contributed by atoms with Crippen LogP contribution in [0.15, 0.2) is 36.4 Å². The number of carbonyl (C=O) groups excluding carboxylic acids is 2. The molecule has 1 aromatic carbocycles. The molecule has 1 unspecified atom stereocenters. The van der Waals surface area contributed by atoms with E-state index in [2.05, 4.69) is 12.2 Å². The van der Waals surface area contributed by atoms with Crippen molar-refractivity contribution in [3.8, 4) is 5.75 Å². The molecular weight excluding hydrogens is 594 g/mol. The van der Waals surface area contributed by atoms with E-state index in [4.69, 9.17) is 4.74 Å². The number of carbonyl (C=O) groups is 5. The number of aliphatic hydroxyl groups is 1. The number of aliphatic carboxylic acids is 3. The second-order valence-corrected chi connectivity index (χ2v) is 11.8. The van der Waals surface area contributed by atoms with Gasteiger partial charge in [0.25, 0.3) is 0 Å². The summed E-state index contributed by atoms with van der Waals surface area (Å²) in [6, 6.07) is 5.20. The first kappa shape index (κ1) is 40.3. The summed E-state index contributed by atoms with van der Waals surface area (Å²) in [5, 5.41) is 42.0. The molecule has 1 amide bonds. The Hall–Kier alpha value is -3.73. The van der Waals surface area contributed by atoms with Crippen molar-refractivity contribution in [2.45, 2.75) is 128 Å². The highest BCUT2D eigenvalue weighted by molar-refractivity contribution is 5.94. The molecule has 0 fully saturated rings. The van der Waals surface area contributed by atoms with Gasteiger partial charge in [0.1, 0.15) is 17.6 Å². The van der Waals surface area contributed by atoms with Gasteiger partial charge in [0.05, 0.1) is 18.9 Å². The fourth-order valence-corrected chi connectivity index (χ4v) is 4.99. The Bertz CT molecular complexity index is 1120. The highest BCUT2D eigenvalue weighted by atomic mass is 16.5. The fraction of sp³-hybridized carbons (Fsp3) is 0.629. The number of carboxylic acid groups (broad SMARTS) is 3. The van der Waals surface area contributed by atoms with E-state index in [-0.39, 0.29) is 12.2 Å². The molecule has 0 aliphatic carbocycles. The van der Waals surface area contributed by atoms with Gasteiger partial charge in [-0.2, -0.15) is 0 Å². The standard InChI is InChI=1S/C35H53NO10/c1-3-5-7-10-13-16-27(37)17-14-11-8-9-12-15-18-29(35(45,34(43)44)25-31(38)39)32(40)36-30(33(41)42)24-26-19-21-28(22-20-26)46-23-6-4-2/h15,18-22,29-30,45H,3-14,16-17,23-25H2,1-2H3,(H,36,40)(H,38,39)(H,41,42)(H,43,44)/t29-,30?,35+/m1/s1. The van der Waals surface area contributed by atoms with E-state index >= 15 is 0 Å². The molecule has 11 heteroatoms. The van der Waals surface area contributed by atoms with Crippen LogP contribution >= 0.6 is 0 Å². The first-order valence-corrected chi connectivity index (χ1v) is 16.5. The summed E-state index contributed by atoms with van der Waals surface area (Å²) in [6.07, 6.45) is 13.2.